The molecule has 0 heterocycles. The molecule has 20 heavy (non-hydrogen) atoms. The van der Waals surface area contributed by atoms with E-state index >= 15 is 0 Å². The van der Waals surface area contributed by atoms with Crippen LogP contribution in [-0.4, -0.2) is 20.8 Å². The summed E-state index contributed by atoms with van der Waals surface area (Å²) in [6, 6.07) is 2.88. The zero-order valence-corrected chi connectivity index (χ0v) is 15.3. The Kier molecular flexibility index (Phi) is 7.96. The van der Waals surface area contributed by atoms with Gasteiger partial charge >= 0.3 is 6.09 Å². The molecule has 0 saturated heterocycles. The van der Waals surface area contributed by atoms with Crippen molar-refractivity contribution in [2.24, 2.45) is 5.92 Å². The Hall–Kier alpha value is -0.953. The van der Waals surface area contributed by atoms with E-state index in [9.17, 15) is 4.79 Å². The van der Waals surface area contributed by atoms with Crippen LogP contribution in [0.5, 0.6) is 0 Å². The maximum absolute atomic E-state index is 11.5. The van der Waals surface area contributed by atoms with Gasteiger partial charge in [0.1, 0.15) is 8.07 Å². The molecule has 0 rings (SSSR count). The van der Waals surface area contributed by atoms with Gasteiger partial charge in [-0.1, -0.05) is 55.4 Å². The molecule has 3 nitrogen and oxygen atoms in total. The van der Waals surface area contributed by atoms with Crippen LogP contribution >= 0.6 is 0 Å². The van der Waals surface area contributed by atoms with Gasteiger partial charge in [-0.25, -0.2) is 4.79 Å². The zero-order chi connectivity index (χ0) is 15.9. The predicted octanol–water partition coefficient (Wildman–Crippen LogP) is 4.55. The molecule has 0 unspecified atom stereocenters. The number of nitrogens with one attached hydrogen (secondary N) is 1. The van der Waals surface area contributed by atoms with Crippen molar-refractivity contribution >= 4 is 14.2 Å². The van der Waals surface area contributed by atoms with Gasteiger partial charge in [0.2, 0.25) is 0 Å². The standard InChI is InChI=1S/C16H31NO2Si/c1-12(2)11-19-16(18)17-9-10-20(13(3)4,14(5)6)15(7)8/h12-15H,11H2,1-8H3,(H,17,18). The van der Waals surface area contributed by atoms with E-state index in [1.807, 2.05) is 13.8 Å². The van der Waals surface area contributed by atoms with Crippen molar-refractivity contribution in [2.45, 2.75) is 72.0 Å². The largest absolute Gasteiger partial charge is 0.449 e. The Labute approximate surface area is 125 Å². The summed E-state index contributed by atoms with van der Waals surface area (Å²) in [5.41, 5.74) is 5.10. The summed E-state index contributed by atoms with van der Waals surface area (Å²) in [5, 5.41) is 2.57. The lowest BCUT2D eigenvalue weighted by molar-refractivity contribution is 0.137. The van der Waals surface area contributed by atoms with E-state index in [-0.39, 0.29) is 0 Å². The number of carbonyl (C=O) groups excluding carboxylic acids is 1. The Bertz CT molecular complexity index is 343. The van der Waals surface area contributed by atoms with E-state index in [1.165, 1.54) is 0 Å². The first-order valence-electron chi connectivity index (χ1n) is 7.59. The Morgan fingerprint density at radius 2 is 1.45 bits per heavy atom. The summed E-state index contributed by atoms with van der Waals surface area (Å²) in [7, 11) is -1.77. The Balaban J connectivity index is 4.86. The van der Waals surface area contributed by atoms with Crippen LogP contribution in [-0.2, 0) is 4.74 Å². The van der Waals surface area contributed by atoms with Gasteiger partial charge in [0.15, 0.2) is 0 Å². The molecule has 0 atom stereocenters. The molecule has 0 spiro atoms. The maximum atomic E-state index is 11.5. The average Bonchev–Trinajstić information content (AvgIpc) is 2.30. The normalized spacial score (nSPS) is 11.8. The van der Waals surface area contributed by atoms with Crippen molar-refractivity contribution in [1.29, 1.82) is 0 Å². The molecule has 1 amide bonds. The lowest BCUT2D eigenvalue weighted by Gasteiger charge is -2.37. The number of ether oxygens (including phenoxy) is 1. The molecule has 0 aliphatic carbocycles. The molecule has 0 aromatic heterocycles. The summed E-state index contributed by atoms with van der Waals surface area (Å²) in [4.78, 5) is 11.5. The summed E-state index contributed by atoms with van der Waals surface area (Å²) in [6.45, 7) is 17.9. The summed E-state index contributed by atoms with van der Waals surface area (Å²) in [6.07, 6.45) is -0.439. The van der Waals surface area contributed by atoms with Gasteiger partial charge < -0.3 is 4.74 Å². The van der Waals surface area contributed by atoms with Crippen molar-refractivity contribution in [3.8, 4) is 11.6 Å². The number of alkyl carbamates (subject to hydrolysis) is 1. The number of hydrogen-bond donors (Lipinski definition) is 1. The second kappa shape index (κ2) is 8.36. The number of amides is 1. The highest BCUT2D eigenvalue weighted by molar-refractivity contribution is 6.90. The minimum atomic E-state index is -1.77. The minimum Gasteiger partial charge on any atom is -0.449 e. The third kappa shape index (κ3) is 5.20. The van der Waals surface area contributed by atoms with E-state index in [0.29, 0.717) is 29.1 Å². The van der Waals surface area contributed by atoms with Crippen molar-refractivity contribution in [2.75, 3.05) is 6.61 Å². The molecule has 0 aliphatic rings. The van der Waals surface area contributed by atoms with Gasteiger partial charge in [-0.05, 0) is 22.5 Å². The van der Waals surface area contributed by atoms with E-state index in [0.717, 1.165) is 0 Å². The van der Waals surface area contributed by atoms with Gasteiger partial charge in [0.25, 0.3) is 0 Å². The fourth-order valence-corrected chi connectivity index (χ4v) is 8.05. The second-order valence-corrected chi connectivity index (χ2v) is 12.3. The lowest BCUT2D eigenvalue weighted by Crippen LogP contribution is -2.43. The molecule has 4 heteroatoms. The Morgan fingerprint density at radius 1 is 1.00 bits per heavy atom. The predicted molar refractivity (Wildman–Crippen MR) is 88.1 cm³/mol. The summed E-state index contributed by atoms with van der Waals surface area (Å²) in [5.74, 6) is 0.337. The van der Waals surface area contributed by atoms with Crippen LogP contribution in [0.15, 0.2) is 0 Å². The molecule has 0 saturated carbocycles. The van der Waals surface area contributed by atoms with Crippen LogP contribution in [0.4, 0.5) is 4.79 Å². The van der Waals surface area contributed by atoms with Crippen LogP contribution in [0.2, 0.25) is 16.6 Å². The first-order valence-corrected chi connectivity index (χ1v) is 9.82. The van der Waals surface area contributed by atoms with Crippen LogP contribution < -0.4 is 5.32 Å². The number of carbonyl (C=O) groups is 1. The lowest BCUT2D eigenvalue weighted by atomic mass is 10.2. The van der Waals surface area contributed by atoms with Gasteiger partial charge in [-0.2, -0.15) is 0 Å². The number of hydrogen-bond acceptors (Lipinski definition) is 2. The van der Waals surface area contributed by atoms with E-state index in [1.54, 1.807) is 0 Å². The monoisotopic (exact) mass is 297 g/mol. The maximum Gasteiger partial charge on any atom is 0.418 e. The molecule has 0 fully saturated rings. The van der Waals surface area contributed by atoms with Crippen molar-refractivity contribution < 1.29 is 9.53 Å². The highest BCUT2D eigenvalue weighted by Crippen LogP contribution is 2.40. The second-order valence-electron chi connectivity index (χ2n) is 6.76. The first-order chi connectivity index (χ1) is 9.14. The number of rotatable bonds is 5. The van der Waals surface area contributed by atoms with Gasteiger partial charge in [-0.15, -0.1) is 5.54 Å². The van der Waals surface area contributed by atoms with Crippen molar-refractivity contribution in [1.82, 2.24) is 5.32 Å². The third-order valence-corrected chi connectivity index (χ3v) is 10.1. The highest BCUT2D eigenvalue weighted by Gasteiger charge is 2.41. The molecule has 0 aromatic rings. The summed E-state index contributed by atoms with van der Waals surface area (Å²) >= 11 is 0. The fourth-order valence-electron chi connectivity index (χ4n) is 2.90. The van der Waals surface area contributed by atoms with E-state index < -0.39 is 14.2 Å². The van der Waals surface area contributed by atoms with Gasteiger partial charge in [0, 0.05) is 6.04 Å². The van der Waals surface area contributed by atoms with Crippen molar-refractivity contribution in [3.05, 3.63) is 0 Å². The molecule has 0 bridgehead atoms. The van der Waals surface area contributed by atoms with Crippen LogP contribution in [0.3, 0.4) is 0 Å². The molecule has 0 radical (unpaired) electrons. The van der Waals surface area contributed by atoms with Crippen molar-refractivity contribution in [3.63, 3.8) is 0 Å². The molecular formula is C16H31NO2Si. The zero-order valence-electron chi connectivity index (χ0n) is 14.3. The molecular weight excluding hydrogens is 266 g/mol. The van der Waals surface area contributed by atoms with Gasteiger partial charge in [-0.3, -0.25) is 5.32 Å². The third-order valence-electron chi connectivity index (χ3n) is 3.86. The average molecular weight is 298 g/mol. The SMILES string of the molecule is CC(C)COC(=O)NC#C[Si](C(C)C)(C(C)C)C(C)C. The molecule has 0 aliphatic heterocycles. The quantitative estimate of drug-likeness (QED) is 0.459. The molecule has 0 aromatic carbocycles. The molecule has 1 N–H and O–H groups in total. The fraction of sp³-hybridized carbons (Fsp3) is 0.812. The smallest absolute Gasteiger partial charge is 0.418 e. The van der Waals surface area contributed by atoms with E-state index in [4.69, 9.17) is 4.74 Å². The first kappa shape index (κ1) is 19.0. The Morgan fingerprint density at radius 3 is 1.80 bits per heavy atom. The van der Waals surface area contributed by atoms with Crippen LogP contribution in [0, 0.1) is 17.5 Å². The van der Waals surface area contributed by atoms with E-state index in [2.05, 4.69) is 58.4 Å². The minimum absolute atomic E-state index is 0.337. The molecule has 116 valence electrons. The van der Waals surface area contributed by atoms with Gasteiger partial charge in [0.05, 0.1) is 6.61 Å². The van der Waals surface area contributed by atoms with Crippen LogP contribution in [0.25, 0.3) is 0 Å². The van der Waals surface area contributed by atoms with Crippen LogP contribution in [0.1, 0.15) is 55.4 Å². The summed E-state index contributed by atoms with van der Waals surface area (Å²) < 4.78 is 5.06. The highest BCUT2D eigenvalue weighted by atomic mass is 28.3. The topological polar surface area (TPSA) is 38.3 Å².